The number of rotatable bonds is 15. The van der Waals surface area contributed by atoms with Crippen LogP contribution in [0.2, 0.25) is 0 Å². The Morgan fingerprint density at radius 3 is 1.98 bits per heavy atom. The van der Waals surface area contributed by atoms with Gasteiger partial charge < -0.3 is 38.5 Å². The van der Waals surface area contributed by atoms with E-state index in [0.717, 1.165) is 0 Å². The number of benzene rings is 3. The molecule has 0 saturated carbocycles. The van der Waals surface area contributed by atoms with E-state index in [1.54, 1.807) is 37.3 Å². The van der Waals surface area contributed by atoms with Gasteiger partial charge in [0.1, 0.15) is 0 Å². The third kappa shape index (κ3) is 8.53. The largest absolute Gasteiger partial charge is 0.493 e. The van der Waals surface area contributed by atoms with Crippen molar-refractivity contribution in [3.63, 3.8) is 0 Å². The summed E-state index contributed by atoms with van der Waals surface area (Å²) in [5.41, 5.74) is 3.53. The van der Waals surface area contributed by atoms with Crippen molar-refractivity contribution >= 4 is 24.0 Å². The van der Waals surface area contributed by atoms with E-state index in [2.05, 4.69) is 15.8 Å². The molecule has 0 spiro atoms. The highest BCUT2D eigenvalue weighted by atomic mass is 16.6. The van der Waals surface area contributed by atoms with E-state index in [0.29, 0.717) is 46.7 Å². The highest BCUT2D eigenvalue weighted by molar-refractivity contribution is 5.96. The minimum absolute atomic E-state index is 0.0251. The number of hydrazone groups is 1. The number of methoxy groups -OCH3 is 5. The SMILES string of the molecule is CCOc1cc(C=NNC(=O)CCNC(=O)c2cc(OC)c(OC)c(OC)c2)ccc1OC(=O)c1ccc(OC)c(OC)c1. The van der Waals surface area contributed by atoms with Crippen molar-refractivity contribution in [2.24, 2.45) is 5.10 Å². The van der Waals surface area contributed by atoms with E-state index in [1.807, 2.05) is 0 Å². The van der Waals surface area contributed by atoms with Crippen molar-refractivity contribution < 1.29 is 47.5 Å². The summed E-state index contributed by atoms with van der Waals surface area (Å²) in [6.07, 6.45) is 1.39. The first-order valence-electron chi connectivity index (χ1n) is 13.4. The molecule has 3 rings (SSSR count). The molecule has 0 aliphatic heterocycles. The standard InChI is InChI=1S/C31H35N3O10/c1-7-43-25-14-19(8-10-23(25)44-31(37)20-9-11-22(38-2)24(15-20)39-3)18-33-34-28(35)12-13-32-30(36)21-16-26(40-4)29(42-6)27(17-21)41-5/h8-11,14-18H,7,12-13H2,1-6H3,(H,32,36)(H,34,35). The van der Waals surface area contributed by atoms with Gasteiger partial charge in [0, 0.05) is 18.5 Å². The quantitative estimate of drug-likeness (QED) is 0.113. The topological polar surface area (TPSA) is 152 Å². The van der Waals surface area contributed by atoms with Gasteiger partial charge in [-0.2, -0.15) is 5.10 Å². The molecule has 0 aromatic heterocycles. The summed E-state index contributed by atoms with van der Waals surface area (Å²) in [4.78, 5) is 37.6. The molecule has 0 saturated heterocycles. The Bertz CT molecular complexity index is 1480. The van der Waals surface area contributed by atoms with E-state index >= 15 is 0 Å². The second kappa shape index (κ2) is 16.2. The zero-order chi connectivity index (χ0) is 32.1. The van der Waals surface area contributed by atoms with Crippen molar-refractivity contribution in [2.45, 2.75) is 13.3 Å². The van der Waals surface area contributed by atoms with Gasteiger partial charge >= 0.3 is 5.97 Å². The van der Waals surface area contributed by atoms with Gasteiger partial charge in [-0.15, -0.1) is 0 Å². The van der Waals surface area contributed by atoms with Gasteiger partial charge in [-0.1, -0.05) is 0 Å². The fraction of sp³-hybridized carbons (Fsp3) is 0.290. The highest BCUT2D eigenvalue weighted by Gasteiger charge is 2.18. The lowest BCUT2D eigenvalue weighted by molar-refractivity contribution is -0.120. The summed E-state index contributed by atoms with van der Waals surface area (Å²) in [6.45, 7) is 2.17. The molecule has 0 heterocycles. The van der Waals surface area contributed by atoms with Crippen LogP contribution >= 0.6 is 0 Å². The molecule has 0 radical (unpaired) electrons. The predicted octanol–water partition coefficient (Wildman–Crippen LogP) is 3.62. The van der Waals surface area contributed by atoms with Crippen LogP contribution in [0.25, 0.3) is 0 Å². The molecule has 0 atom stereocenters. The molecule has 13 heteroatoms. The van der Waals surface area contributed by atoms with E-state index in [-0.39, 0.29) is 29.8 Å². The molecule has 2 amide bonds. The molecule has 3 aromatic rings. The monoisotopic (exact) mass is 609 g/mol. The Kier molecular flexibility index (Phi) is 12.2. The number of amides is 2. The highest BCUT2D eigenvalue weighted by Crippen LogP contribution is 2.38. The van der Waals surface area contributed by atoms with Crippen LogP contribution in [0.5, 0.6) is 40.2 Å². The zero-order valence-electron chi connectivity index (χ0n) is 25.3. The molecule has 3 aromatic carbocycles. The number of nitrogens with one attached hydrogen (secondary N) is 2. The van der Waals surface area contributed by atoms with Crippen LogP contribution in [0.15, 0.2) is 53.6 Å². The fourth-order valence-electron chi connectivity index (χ4n) is 3.92. The maximum Gasteiger partial charge on any atom is 0.343 e. The number of carbonyl (C=O) groups is 3. The van der Waals surface area contributed by atoms with Crippen molar-refractivity contribution in [2.75, 3.05) is 48.7 Å². The summed E-state index contributed by atoms with van der Waals surface area (Å²) in [7, 11) is 7.34. The molecule has 0 fully saturated rings. The van der Waals surface area contributed by atoms with Gasteiger partial charge in [-0.05, 0) is 61.0 Å². The average Bonchev–Trinajstić information content (AvgIpc) is 3.04. The average molecular weight is 610 g/mol. The van der Waals surface area contributed by atoms with Gasteiger partial charge in [-0.3, -0.25) is 9.59 Å². The van der Waals surface area contributed by atoms with Crippen LogP contribution in [-0.4, -0.2) is 72.7 Å². The van der Waals surface area contributed by atoms with Crippen molar-refractivity contribution in [1.29, 1.82) is 0 Å². The number of esters is 1. The third-order valence-electron chi connectivity index (χ3n) is 6.06. The molecule has 2 N–H and O–H groups in total. The van der Waals surface area contributed by atoms with E-state index in [9.17, 15) is 14.4 Å². The van der Waals surface area contributed by atoms with Gasteiger partial charge in [-0.25, -0.2) is 10.2 Å². The normalized spacial score (nSPS) is 10.5. The Morgan fingerprint density at radius 2 is 1.36 bits per heavy atom. The van der Waals surface area contributed by atoms with E-state index in [4.69, 9.17) is 33.2 Å². The molecule has 0 aliphatic carbocycles. The number of carbonyl (C=O) groups excluding carboxylic acids is 3. The summed E-state index contributed by atoms with van der Waals surface area (Å²) in [6, 6.07) is 12.5. The Morgan fingerprint density at radius 1 is 0.727 bits per heavy atom. The molecular formula is C31H35N3O10. The summed E-state index contributed by atoms with van der Waals surface area (Å²) >= 11 is 0. The second-order valence-corrected chi connectivity index (χ2v) is 8.81. The molecule has 0 aliphatic rings. The number of hydrogen-bond acceptors (Lipinski definition) is 11. The molecule has 13 nitrogen and oxygen atoms in total. The van der Waals surface area contributed by atoms with Gasteiger partial charge in [0.15, 0.2) is 34.5 Å². The number of hydrogen-bond donors (Lipinski definition) is 2. The predicted molar refractivity (Wildman–Crippen MR) is 161 cm³/mol. The van der Waals surface area contributed by atoms with Crippen LogP contribution in [0.4, 0.5) is 0 Å². The van der Waals surface area contributed by atoms with E-state index < -0.39 is 17.8 Å². The molecule has 0 unspecified atom stereocenters. The minimum atomic E-state index is -0.613. The molecule has 0 bridgehead atoms. The van der Waals surface area contributed by atoms with Gasteiger partial charge in [0.2, 0.25) is 11.7 Å². The van der Waals surface area contributed by atoms with Crippen LogP contribution < -0.4 is 43.9 Å². The van der Waals surface area contributed by atoms with Crippen LogP contribution in [-0.2, 0) is 4.79 Å². The molecule has 234 valence electrons. The van der Waals surface area contributed by atoms with Crippen molar-refractivity contribution in [1.82, 2.24) is 10.7 Å². The second-order valence-electron chi connectivity index (χ2n) is 8.81. The smallest absolute Gasteiger partial charge is 0.343 e. The van der Waals surface area contributed by atoms with Crippen LogP contribution in [0, 0.1) is 0 Å². The van der Waals surface area contributed by atoms with Gasteiger partial charge in [0.05, 0.1) is 53.9 Å². The van der Waals surface area contributed by atoms with Crippen LogP contribution in [0.1, 0.15) is 39.6 Å². The first kappa shape index (κ1) is 33.0. The molecular weight excluding hydrogens is 574 g/mol. The third-order valence-corrected chi connectivity index (χ3v) is 6.06. The number of nitrogens with zero attached hydrogens (tertiary/aromatic N) is 1. The molecule has 44 heavy (non-hydrogen) atoms. The van der Waals surface area contributed by atoms with Crippen LogP contribution in [0.3, 0.4) is 0 Å². The summed E-state index contributed by atoms with van der Waals surface area (Å²) in [5.74, 6) is 0.966. The maximum absolute atomic E-state index is 12.8. The minimum Gasteiger partial charge on any atom is -0.493 e. The van der Waals surface area contributed by atoms with Gasteiger partial charge in [0.25, 0.3) is 5.91 Å². The Balaban J connectivity index is 1.56. The fourth-order valence-corrected chi connectivity index (χ4v) is 3.92. The lowest BCUT2D eigenvalue weighted by Gasteiger charge is -2.14. The first-order valence-corrected chi connectivity index (χ1v) is 13.4. The number of ether oxygens (including phenoxy) is 7. The first-order chi connectivity index (χ1) is 21.3. The van der Waals surface area contributed by atoms with Crippen molar-refractivity contribution in [3.8, 4) is 40.2 Å². The summed E-state index contributed by atoms with van der Waals surface area (Å²) in [5, 5.41) is 6.63. The van der Waals surface area contributed by atoms with Crippen molar-refractivity contribution in [3.05, 3.63) is 65.2 Å². The maximum atomic E-state index is 12.8. The lowest BCUT2D eigenvalue weighted by Crippen LogP contribution is -2.29. The Labute approximate surface area is 255 Å². The zero-order valence-corrected chi connectivity index (χ0v) is 25.3. The lowest BCUT2D eigenvalue weighted by atomic mass is 10.1. The summed E-state index contributed by atoms with van der Waals surface area (Å²) < 4.78 is 37.5. The van der Waals surface area contributed by atoms with E-state index in [1.165, 1.54) is 60.0 Å². The Hall–Kier alpha value is -5.46.